The summed E-state index contributed by atoms with van der Waals surface area (Å²) in [6.07, 6.45) is 0.711. The molecule has 0 fully saturated rings. The SMILES string of the molecule is C[C@H](NC(=O)CSc1nnc(Cc2ccccc2)n1C)c1cccc(Cl)c1. The number of nitrogens with one attached hydrogen (secondary N) is 1. The fourth-order valence-corrected chi connectivity index (χ4v) is 3.62. The van der Waals surface area contributed by atoms with Crippen LogP contribution in [-0.2, 0) is 18.3 Å². The van der Waals surface area contributed by atoms with Crippen molar-refractivity contribution in [1.82, 2.24) is 20.1 Å². The van der Waals surface area contributed by atoms with Gasteiger partial charge in [0.2, 0.25) is 5.91 Å². The normalized spacial score (nSPS) is 12.0. The average molecular weight is 401 g/mol. The molecule has 0 aliphatic carbocycles. The van der Waals surface area contributed by atoms with Gasteiger partial charge in [-0.15, -0.1) is 10.2 Å². The van der Waals surface area contributed by atoms with Gasteiger partial charge in [0, 0.05) is 18.5 Å². The maximum atomic E-state index is 12.3. The van der Waals surface area contributed by atoms with Crippen molar-refractivity contribution in [2.45, 2.75) is 24.5 Å². The van der Waals surface area contributed by atoms with Crippen molar-refractivity contribution < 1.29 is 4.79 Å². The van der Waals surface area contributed by atoms with Gasteiger partial charge in [-0.1, -0.05) is 65.8 Å². The fraction of sp³-hybridized carbons (Fsp3) is 0.250. The first-order valence-corrected chi connectivity index (χ1v) is 9.99. The highest BCUT2D eigenvalue weighted by Gasteiger charge is 2.14. The summed E-state index contributed by atoms with van der Waals surface area (Å²) in [6, 6.07) is 17.5. The Morgan fingerprint density at radius 1 is 1.19 bits per heavy atom. The van der Waals surface area contributed by atoms with E-state index in [0.717, 1.165) is 16.5 Å². The van der Waals surface area contributed by atoms with Gasteiger partial charge in [0.05, 0.1) is 11.8 Å². The van der Waals surface area contributed by atoms with Crippen LogP contribution in [0.4, 0.5) is 0 Å². The van der Waals surface area contributed by atoms with Crippen LogP contribution < -0.4 is 5.32 Å². The van der Waals surface area contributed by atoms with Crippen molar-refractivity contribution in [1.29, 1.82) is 0 Å². The molecule has 0 unspecified atom stereocenters. The first kappa shape index (κ1) is 19.5. The Balaban J connectivity index is 1.54. The van der Waals surface area contributed by atoms with Gasteiger partial charge in [0.1, 0.15) is 5.82 Å². The lowest BCUT2D eigenvalue weighted by molar-refractivity contribution is -0.119. The maximum absolute atomic E-state index is 12.3. The predicted molar refractivity (Wildman–Crippen MR) is 109 cm³/mol. The summed E-state index contributed by atoms with van der Waals surface area (Å²) < 4.78 is 1.94. The van der Waals surface area contributed by atoms with E-state index in [9.17, 15) is 4.79 Å². The molecule has 3 aromatic rings. The standard InChI is InChI=1S/C20H21ClN4OS/c1-14(16-9-6-10-17(21)12-16)22-19(26)13-27-20-24-23-18(25(20)2)11-15-7-4-3-5-8-15/h3-10,12,14H,11,13H2,1-2H3,(H,22,26)/t14-/m0/s1. The Labute approximate surface area is 168 Å². The van der Waals surface area contributed by atoms with Crippen LogP contribution in [0.25, 0.3) is 0 Å². The highest BCUT2D eigenvalue weighted by molar-refractivity contribution is 7.99. The summed E-state index contributed by atoms with van der Waals surface area (Å²) >= 11 is 7.39. The number of halogens is 1. The number of carbonyl (C=O) groups is 1. The number of hydrogen-bond donors (Lipinski definition) is 1. The van der Waals surface area contributed by atoms with E-state index in [4.69, 9.17) is 11.6 Å². The minimum atomic E-state index is -0.107. The third-order valence-corrected chi connectivity index (χ3v) is 5.44. The number of thioether (sulfide) groups is 1. The number of hydrogen-bond acceptors (Lipinski definition) is 4. The summed E-state index contributed by atoms with van der Waals surface area (Å²) in [6.45, 7) is 1.94. The Morgan fingerprint density at radius 3 is 2.70 bits per heavy atom. The lowest BCUT2D eigenvalue weighted by atomic mass is 10.1. The van der Waals surface area contributed by atoms with E-state index in [1.54, 1.807) is 0 Å². The van der Waals surface area contributed by atoms with Crippen LogP contribution in [0.3, 0.4) is 0 Å². The molecule has 0 aliphatic heterocycles. The van der Waals surface area contributed by atoms with Gasteiger partial charge in [0.25, 0.3) is 0 Å². The number of carbonyl (C=O) groups excluding carboxylic acids is 1. The van der Waals surface area contributed by atoms with E-state index in [1.165, 1.54) is 17.3 Å². The molecule has 0 saturated heterocycles. The summed E-state index contributed by atoms with van der Waals surface area (Å²) in [5.41, 5.74) is 2.15. The van der Waals surface area contributed by atoms with Crippen molar-refractivity contribution >= 4 is 29.3 Å². The molecule has 3 rings (SSSR count). The van der Waals surface area contributed by atoms with E-state index in [2.05, 4.69) is 27.6 Å². The van der Waals surface area contributed by atoms with Gasteiger partial charge in [-0.05, 0) is 30.2 Å². The van der Waals surface area contributed by atoms with Gasteiger partial charge in [-0.2, -0.15) is 0 Å². The van der Waals surface area contributed by atoms with E-state index in [1.807, 2.05) is 61.0 Å². The summed E-state index contributed by atoms with van der Waals surface area (Å²) in [5.74, 6) is 1.10. The topological polar surface area (TPSA) is 59.8 Å². The largest absolute Gasteiger partial charge is 0.349 e. The summed E-state index contributed by atoms with van der Waals surface area (Å²) in [5, 5.41) is 12.8. The first-order chi connectivity index (χ1) is 13.0. The molecule has 5 nitrogen and oxygen atoms in total. The van der Waals surface area contributed by atoms with Crippen LogP contribution in [0.15, 0.2) is 59.8 Å². The molecule has 1 aromatic heterocycles. The highest BCUT2D eigenvalue weighted by Crippen LogP contribution is 2.19. The lowest BCUT2D eigenvalue weighted by Crippen LogP contribution is -2.28. The van der Waals surface area contributed by atoms with Crippen LogP contribution in [0.1, 0.15) is 29.9 Å². The van der Waals surface area contributed by atoms with E-state index < -0.39 is 0 Å². The molecule has 1 amide bonds. The highest BCUT2D eigenvalue weighted by atomic mass is 35.5. The molecule has 0 radical (unpaired) electrons. The summed E-state index contributed by atoms with van der Waals surface area (Å²) in [4.78, 5) is 12.3. The molecule has 1 N–H and O–H groups in total. The van der Waals surface area contributed by atoms with E-state index >= 15 is 0 Å². The van der Waals surface area contributed by atoms with Crippen LogP contribution >= 0.6 is 23.4 Å². The third kappa shape index (κ3) is 5.34. The second-order valence-corrected chi connectivity index (χ2v) is 7.63. The molecule has 1 atom stereocenters. The molecule has 27 heavy (non-hydrogen) atoms. The Hall–Kier alpha value is -2.31. The molecular weight excluding hydrogens is 380 g/mol. The number of amides is 1. The fourth-order valence-electron chi connectivity index (χ4n) is 2.68. The first-order valence-electron chi connectivity index (χ1n) is 8.62. The Bertz CT molecular complexity index is 913. The number of nitrogens with zero attached hydrogens (tertiary/aromatic N) is 3. The van der Waals surface area contributed by atoms with Crippen molar-refractivity contribution in [3.05, 3.63) is 76.6 Å². The van der Waals surface area contributed by atoms with Gasteiger partial charge in [0.15, 0.2) is 5.16 Å². The van der Waals surface area contributed by atoms with Crippen molar-refractivity contribution in [2.24, 2.45) is 7.05 Å². The van der Waals surface area contributed by atoms with Gasteiger partial charge in [-0.3, -0.25) is 4.79 Å². The van der Waals surface area contributed by atoms with Gasteiger partial charge < -0.3 is 9.88 Å². The summed E-state index contributed by atoms with van der Waals surface area (Å²) in [7, 11) is 1.92. The van der Waals surface area contributed by atoms with Crippen LogP contribution in [-0.4, -0.2) is 26.4 Å². The minimum absolute atomic E-state index is 0.0555. The Morgan fingerprint density at radius 2 is 1.96 bits per heavy atom. The lowest BCUT2D eigenvalue weighted by Gasteiger charge is -2.14. The number of rotatable bonds is 7. The number of aromatic nitrogens is 3. The second-order valence-electron chi connectivity index (χ2n) is 6.25. The molecule has 0 bridgehead atoms. The predicted octanol–water partition coefficient (Wildman–Crippen LogP) is 4.03. The zero-order chi connectivity index (χ0) is 19.2. The quantitative estimate of drug-likeness (QED) is 0.608. The molecule has 0 aliphatic rings. The van der Waals surface area contributed by atoms with Gasteiger partial charge >= 0.3 is 0 Å². The molecule has 1 heterocycles. The number of benzene rings is 2. The van der Waals surface area contributed by atoms with Crippen molar-refractivity contribution in [2.75, 3.05) is 5.75 Å². The second kappa shape index (κ2) is 9.06. The Kier molecular flexibility index (Phi) is 6.53. The van der Waals surface area contributed by atoms with Crippen molar-refractivity contribution in [3.63, 3.8) is 0 Å². The van der Waals surface area contributed by atoms with Crippen LogP contribution in [0, 0.1) is 0 Å². The molecular formula is C20H21ClN4OS. The molecule has 2 aromatic carbocycles. The smallest absolute Gasteiger partial charge is 0.230 e. The zero-order valence-corrected chi connectivity index (χ0v) is 16.8. The van der Waals surface area contributed by atoms with Crippen molar-refractivity contribution in [3.8, 4) is 0 Å². The average Bonchev–Trinajstić information content (AvgIpc) is 3.00. The van der Waals surface area contributed by atoms with Gasteiger partial charge in [-0.25, -0.2) is 0 Å². The van der Waals surface area contributed by atoms with Crippen LogP contribution in [0.5, 0.6) is 0 Å². The van der Waals surface area contributed by atoms with Crippen LogP contribution in [0.2, 0.25) is 5.02 Å². The molecule has 140 valence electrons. The monoisotopic (exact) mass is 400 g/mol. The maximum Gasteiger partial charge on any atom is 0.230 e. The van der Waals surface area contributed by atoms with E-state index in [0.29, 0.717) is 11.4 Å². The van der Waals surface area contributed by atoms with E-state index in [-0.39, 0.29) is 17.7 Å². The molecule has 7 heteroatoms. The molecule has 0 saturated carbocycles. The zero-order valence-electron chi connectivity index (χ0n) is 15.2. The third-order valence-electron chi connectivity index (χ3n) is 4.19. The minimum Gasteiger partial charge on any atom is -0.349 e. The molecule has 0 spiro atoms.